The lowest BCUT2D eigenvalue weighted by atomic mass is 10.1. The maximum Gasteiger partial charge on any atom is 0.357 e. The molecule has 0 fully saturated rings. The largest absolute Gasteiger partial charge is 0.461 e. The Bertz CT molecular complexity index is 881. The molecule has 3 rings (SSSR count). The smallest absolute Gasteiger partial charge is 0.357 e. The van der Waals surface area contributed by atoms with Crippen molar-refractivity contribution in [1.82, 2.24) is 9.78 Å². The quantitative estimate of drug-likeness (QED) is 0.513. The molecule has 2 aromatic carbocycles. The van der Waals surface area contributed by atoms with E-state index in [4.69, 9.17) is 4.74 Å². The standard InChI is InChI=1S/C21H20N2O2/c1-3-25-21(24)20(15-17-10-6-4-7-11-17)23-16(2)14-19(22-23)18-12-8-5-9-13-18/h4-15H,3H2,1-2H3/b20-15-. The molecule has 0 bridgehead atoms. The van der Waals surface area contributed by atoms with E-state index in [1.54, 1.807) is 17.7 Å². The molecule has 0 radical (unpaired) electrons. The highest BCUT2D eigenvalue weighted by Gasteiger charge is 2.17. The van der Waals surface area contributed by atoms with Gasteiger partial charge in [-0.3, -0.25) is 0 Å². The Balaban J connectivity index is 2.06. The molecule has 0 unspecified atom stereocenters. The third kappa shape index (κ3) is 3.86. The maximum absolute atomic E-state index is 12.5. The van der Waals surface area contributed by atoms with Crippen LogP contribution in [-0.4, -0.2) is 22.4 Å². The van der Waals surface area contributed by atoms with Crippen molar-refractivity contribution in [3.05, 3.63) is 78.0 Å². The molecule has 126 valence electrons. The summed E-state index contributed by atoms with van der Waals surface area (Å²) in [6.45, 7) is 4.04. The van der Waals surface area contributed by atoms with Crippen LogP contribution in [0.5, 0.6) is 0 Å². The Morgan fingerprint density at radius 1 is 1.08 bits per heavy atom. The number of nitrogens with zero attached hydrogens (tertiary/aromatic N) is 2. The lowest BCUT2D eigenvalue weighted by Crippen LogP contribution is -2.14. The molecule has 3 aromatic rings. The van der Waals surface area contributed by atoms with Gasteiger partial charge in [0.05, 0.1) is 12.3 Å². The summed E-state index contributed by atoms with van der Waals surface area (Å²) >= 11 is 0. The van der Waals surface area contributed by atoms with Crippen LogP contribution in [0.25, 0.3) is 23.0 Å². The van der Waals surface area contributed by atoms with E-state index in [0.717, 1.165) is 22.5 Å². The number of benzene rings is 2. The number of hydrogen-bond donors (Lipinski definition) is 0. The van der Waals surface area contributed by atoms with Gasteiger partial charge in [-0.05, 0) is 31.6 Å². The number of aromatic nitrogens is 2. The van der Waals surface area contributed by atoms with E-state index in [1.807, 2.05) is 73.7 Å². The number of esters is 1. The molecule has 25 heavy (non-hydrogen) atoms. The Labute approximate surface area is 147 Å². The van der Waals surface area contributed by atoms with E-state index in [1.165, 1.54) is 0 Å². The predicted octanol–water partition coefficient (Wildman–Crippen LogP) is 4.42. The van der Waals surface area contributed by atoms with Gasteiger partial charge in [-0.1, -0.05) is 60.7 Å². The number of aryl methyl sites for hydroxylation is 1. The molecule has 0 aliphatic heterocycles. The van der Waals surface area contributed by atoms with Crippen LogP contribution in [0.15, 0.2) is 66.7 Å². The van der Waals surface area contributed by atoms with Gasteiger partial charge in [0.2, 0.25) is 0 Å². The van der Waals surface area contributed by atoms with Crippen molar-refractivity contribution in [2.45, 2.75) is 13.8 Å². The van der Waals surface area contributed by atoms with Gasteiger partial charge in [0.15, 0.2) is 5.70 Å². The molecule has 0 N–H and O–H groups in total. The van der Waals surface area contributed by atoms with Crippen molar-refractivity contribution in [2.75, 3.05) is 6.61 Å². The van der Waals surface area contributed by atoms with Crippen LogP contribution in [-0.2, 0) is 9.53 Å². The zero-order chi connectivity index (χ0) is 17.6. The van der Waals surface area contributed by atoms with Gasteiger partial charge in [0, 0.05) is 11.3 Å². The highest BCUT2D eigenvalue weighted by molar-refractivity contribution is 6.15. The van der Waals surface area contributed by atoms with Gasteiger partial charge in [0.1, 0.15) is 0 Å². The summed E-state index contributed by atoms with van der Waals surface area (Å²) < 4.78 is 6.88. The zero-order valence-corrected chi connectivity index (χ0v) is 14.3. The Hall–Kier alpha value is -3.14. The van der Waals surface area contributed by atoms with E-state index in [9.17, 15) is 4.79 Å². The summed E-state index contributed by atoms with van der Waals surface area (Å²) in [6.07, 6.45) is 1.80. The molecule has 0 amide bonds. The third-order valence-corrected chi connectivity index (χ3v) is 3.77. The molecule has 1 heterocycles. The molecule has 4 nitrogen and oxygen atoms in total. The lowest BCUT2D eigenvalue weighted by Gasteiger charge is -2.09. The van der Waals surface area contributed by atoms with Gasteiger partial charge < -0.3 is 4.74 Å². The first-order chi connectivity index (χ1) is 12.2. The van der Waals surface area contributed by atoms with Crippen molar-refractivity contribution in [1.29, 1.82) is 0 Å². The fourth-order valence-corrected chi connectivity index (χ4v) is 2.59. The molecule has 0 aliphatic carbocycles. The Kier molecular flexibility index (Phi) is 5.09. The number of carbonyl (C=O) groups is 1. The van der Waals surface area contributed by atoms with Crippen LogP contribution in [0.4, 0.5) is 0 Å². The van der Waals surface area contributed by atoms with Crippen molar-refractivity contribution < 1.29 is 9.53 Å². The second-order valence-electron chi connectivity index (χ2n) is 5.61. The fourth-order valence-electron chi connectivity index (χ4n) is 2.59. The average Bonchev–Trinajstić information content (AvgIpc) is 3.03. The lowest BCUT2D eigenvalue weighted by molar-refractivity contribution is -0.136. The molecule has 0 aliphatic rings. The fraction of sp³-hybridized carbons (Fsp3) is 0.143. The number of carbonyl (C=O) groups excluding carboxylic acids is 1. The highest BCUT2D eigenvalue weighted by atomic mass is 16.5. The first kappa shape index (κ1) is 16.7. The van der Waals surface area contributed by atoms with E-state index in [2.05, 4.69) is 5.10 Å². The van der Waals surface area contributed by atoms with Crippen molar-refractivity contribution in [3.63, 3.8) is 0 Å². The van der Waals surface area contributed by atoms with E-state index in [0.29, 0.717) is 12.3 Å². The average molecular weight is 332 g/mol. The summed E-state index contributed by atoms with van der Waals surface area (Å²) in [6, 6.07) is 21.5. The molecule has 0 spiro atoms. The third-order valence-electron chi connectivity index (χ3n) is 3.77. The van der Waals surface area contributed by atoms with Crippen molar-refractivity contribution in [3.8, 4) is 11.3 Å². The van der Waals surface area contributed by atoms with Crippen LogP contribution >= 0.6 is 0 Å². The van der Waals surface area contributed by atoms with E-state index in [-0.39, 0.29) is 0 Å². The van der Waals surface area contributed by atoms with Gasteiger partial charge in [0.25, 0.3) is 0 Å². The molecule has 1 aromatic heterocycles. The minimum absolute atomic E-state index is 0.316. The molecule has 0 saturated carbocycles. The van der Waals surface area contributed by atoms with Gasteiger partial charge >= 0.3 is 5.97 Å². The van der Waals surface area contributed by atoms with Crippen molar-refractivity contribution in [2.24, 2.45) is 0 Å². The molecule has 4 heteroatoms. The number of rotatable bonds is 5. The highest BCUT2D eigenvalue weighted by Crippen LogP contribution is 2.22. The Morgan fingerprint density at radius 2 is 1.72 bits per heavy atom. The van der Waals surface area contributed by atoms with Gasteiger partial charge in [-0.25, -0.2) is 9.48 Å². The predicted molar refractivity (Wildman–Crippen MR) is 99.6 cm³/mol. The summed E-state index contributed by atoms with van der Waals surface area (Å²) in [4.78, 5) is 12.5. The number of hydrogen-bond acceptors (Lipinski definition) is 3. The molecule has 0 saturated heterocycles. The second kappa shape index (κ2) is 7.62. The second-order valence-corrected chi connectivity index (χ2v) is 5.61. The molecular formula is C21H20N2O2. The summed E-state index contributed by atoms with van der Waals surface area (Å²) in [5, 5.41) is 4.63. The van der Waals surface area contributed by atoms with Crippen molar-refractivity contribution >= 4 is 17.7 Å². The normalized spacial score (nSPS) is 11.4. The molecule has 0 atom stereocenters. The SMILES string of the molecule is CCOC(=O)/C(=C/c1ccccc1)n1nc(-c2ccccc2)cc1C. The van der Waals surface area contributed by atoms with Crippen LogP contribution in [0.3, 0.4) is 0 Å². The topological polar surface area (TPSA) is 44.1 Å². The summed E-state index contributed by atoms with van der Waals surface area (Å²) in [5.41, 5.74) is 4.01. The van der Waals surface area contributed by atoms with Gasteiger partial charge in [-0.15, -0.1) is 0 Å². The minimum Gasteiger partial charge on any atom is -0.461 e. The summed E-state index contributed by atoms with van der Waals surface area (Å²) in [5.74, 6) is -0.392. The van der Waals surface area contributed by atoms with E-state index >= 15 is 0 Å². The minimum atomic E-state index is -0.392. The monoisotopic (exact) mass is 332 g/mol. The van der Waals surface area contributed by atoms with Crippen LogP contribution in [0, 0.1) is 6.92 Å². The van der Waals surface area contributed by atoms with Crippen LogP contribution in [0.1, 0.15) is 18.2 Å². The van der Waals surface area contributed by atoms with Crippen LogP contribution < -0.4 is 0 Å². The first-order valence-corrected chi connectivity index (χ1v) is 8.25. The zero-order valence-electron chi connectivity index (χ0n) is 14.3. The Morgan fingerprint density at radius 3 is 2.36 bits per heavy atom. The van der Waals surface area contributed by atoms with E-state index < -0.39 is 5.97 Å². The molecular weight excluding hydrogens is 312 g/mol. The summed E-state index contributed by atoms with van der Waals surface area (Å²) in [7, 11) is 0. The maximum atomic E-state index is 12.5. The van der Waals surface area contributed by atoms with Crippen LogP contribution in [0.2, 0.25) is 0 Å². The number of ether oxygens (including phenoxy) is 1. The first-order valence-electron chi connectivity index (χ1n) is 8.25. The van der Waals surface area contributed by atoms with Gasteiger partial charge in [-0.2, -0.15) is 5.10 Å².